The van der Waals surface area contributed by atoms with Gasteiger partial charge >= 0.3 is 0 Å². The maximum absolute atomic E-state index is 4.99. The summed E-state index contributed by atoms with van der Waals surface area (Å²) in [6.07, 6.45) is 3.97. The number of rotatable bonds is 4. The summed E-state index contributed by atoms with van der Waals surface area (Å²) in [5.74, 6) is 1.17. The molecule has 26 heavy (non-hydrogen) atoms. The molecule has 3 aromatic rings. The molecular weight excluding hydrogens is 320 g/mol. The topological polar surface area (TPSA) is 42.5 Å². The number of fused-ring (bicyclic) bond motifs is 1. The second-order valence-electron chi connectivity index (χ2n) is 6.60. The summed E-state index contributed by atoms with van der Waals surface area (Å²) in [5, 5.41) is 0. The highest BCUT2D eigenvalue weighted by Gasteiger charge is 2.23. The van der Waals surface area contributed by atoms with E-state index >= 15 is 0 Å². The number of benzene rings is 2. The van der Waals surface area contributed by atoms with Crippen LogP contribution in [0.3, 0.4) is 0 Å². The van der Waals surface area contributed by atoms with E-state index in [0.29, 0.717) is 0 Å². The number of aryl methyl sites for hydroxylation is 2. The fraction of sp³-hybridized carbons (Fsp3) is 0.227. The Balaban J connectivity index is 1.94. The highest BCUT2D eigenvalue weighted by molar-refractivity contribution is 5.84. The van der Waals surface area contributed by atoms with Crippen molar-refractivity contribution in [2.24, 2.45) is 9.98 Å². The molecule has 0 N–H and O–H groups in total. The van der Waals surface area contributed by atoms with E-state index in [-0.39, 0.29) is 0 Å². The minimum atomic E-state index is 0.796. The van der Waals surface area contributed by atoms with Crippen LogP contribution in [0.15, 0.2) is 52.4 Å². The third kappa shape index (κ3) is 2.77. The molecule has 0 radical (unpaired) electrons. The monoisotopic (exact) mass is 342 g/mol. The second-order valence-corrected chi connectivity index (χ2v) is 6.60. The van der Waals surface area contributed by atoms with Crippen molar-refractivity contribution in [1.29, 1.82) is 0 Å². The quantitative estimate of drug-likeness (QED) is 0.575. The molecule has 0 saturated carbocycles. The van der Waals surface area contributed by atoms with E-state index in [0.717, 1.165) is 47.6 Å². The van der Waals surface area contributed by atoms with Crippen LogP contribution >= 0.6 is 0 Å². The lowest BCUT2D eigenvalue weighted by Gasteiger charge is -2.11. The summed E-state index contributed by atoms with van der Waals surface area (Å²) in [6.45, 7) is 8.70. The van der Waals surface area contributed by atoms with Gasteiger partial charge in [-0.2, -0.15) is 0 Å². The van der Waals surface area contributed by atoms with E-state index in [1.54, 1.807) is 6.21 Å². The molecule has 0 atom stereocenters. The fourth-order valence-corrected chi connectivity index (χ4v) is 3.66. The molecule has 0 fully saturated rings. The van der Waals surface area contributed by atoms with Crippen LogP contribution in [0.5, 0.6) is 0 Å². The fourth-order valence-electron chi connectivity index (χ4n) is 3.66. The minimum Gasteiger partial charge on any atom is -0.327 e. The van der Waals surface area contributed by atoms with Gasteiger partial charge in [0.15, 0.2) is 0 Å². The van der Waals surface area contributed by atoms with Crippen LogP contribution in [0.2, 0.25) is 0 Å². The highest BCUT2D eigenvalue weighted by atomic mass is 15.1. The van der Waals surface area contributed by atoms with Gasteiger partial charge in [0.05, 0.1) is 22.8 Å². The molecule has 2 heterocycles. The molecule has 0 spiro atoms. The first-order chi connectivity index (χ1) is 12.7. The molecule has 1 aromatic heterocycles. The molecule has 1 aliphatic heterocycles. The van der Waals surface area contributed by atoms with E-state index in [1.807, 2.05) is 13.0 Å². The van der Waals surface area contributed by atoms with Crippen molar-refractivity contribution < 1.29 is 0 Å². The molecule has 0 saturated heterocycles. The Hall–Kier alpha value is -3.01. The molecule has 4 heteroatoms. The Morgan fingerprint density at radius 3 is 2.77 bits per heavy atom. The second kappa shape index (κ2) is 6.71. The average molecular weight is 342 g/mol. The van der Waals surface area contributed by atoms with Gasteiger partial charge in [-0.15, -0.1) is 0 Å². The van der Waals surface area contributed by atoms with Crippen LogP contribution in [0.1, 0.15) is 24.7 Å². The molecule has 4 rings (SSSR count). The molecule has 0 unspecified atom stereocenters. The maximum Gasteiger partial charge on any atom is 0.109 e. The van der Waals surface area contributed by atoms with Crippen molar-refractivity contribution in [3.05, 3.63) is 53.9 Å². The van der Waals surface area contributed by atoms with Gasteiger partial charge in [0.25, 0.3) is 0 Å². The lowest BCUT2D eigenvalue weighted by atomic mass is 10.0. The van der Waals surface area contributed by atoms with Gasteiger partial charge in [-0.1, -0.05) is 29.8 Å². The SMILES string of the molecule is C=Nc1ccc(-c2c(-c3cccc(C)c3)nc3n2CCC3)cc1/N=C\C. The van der Waals surface area contributed by atoms with E-state index in [9.17, 15) is 0 Å². The van der Waals surface area contributed by atoms with E-state index < -0.39 is 0 Å². The summed E-state index contributed by atoms with van der Waals surface area (Å²) in [7, 11) is 0. The zero-order valence-electron chi connectivity index (χ0n) is 15.2. The summed E-state index contributed by atoms with van der Waals surface area (Å²) in [6, 6.07) is 14.7. The normalized spacial score (nSPS) is 13.3. The largest absolute Gasteiger partial charge is 0.327 e. The molecule has 2 aromatic carbocycles. The summed E-state index contributed by atoms with van der Waals surface area (Å²) in [4.78, 5) is 13.5. The summed E-state index contributed by atoms with van der Waals surface area (Å²) < 4.78 is 2.35. The Kier molecular flexibility index (Phi) is 4.25. The highest BCUT2D eigenvalue weighted by Crippen LogP contribution is 2.39. The van der Waals surface area contributed by atoms with Gasteiger partial charge in [-0.05, 0) is 45.2 Å². The Labute approximate surface area is 154 Å². The first-order valence-corrected chi connectivity index (χ1v) is 8.97. The number of hydrogen-bond donors (Lipinski definition) is 0. The predicted molar refractivity (Wildman–Crippen MR) is 109 cm³/mol. The number of aromatic nitrogens is 2. The number of aliphatic imine (C=N–C) groups is 2. The van der Waals surface area contributed by atoms with Gasteiger partial charge in [0.1, 0.15) is 5.82 Å². The zero-order chi connectivity index (χ0) is 18.1. The van der Waals surface area contributed by atoms with E-state index in [1.165, 1.54) is 17.1 Å². The smallest absolute Gasteiger partial charge is 0.109 e. The van der Waals surface area contributed by atoms with Gasteiger partial charge in [0, 0.05) is 30.3 Å². The van der Waals surface area contributed by atoms with Crippen molar-refractivity contribution in [1.82, 2.24) is 9.55 Å². The number of nitrogens with zero attached hydrogens (tertiary/aromatic N) is 4. The van der Waals surface area contributed by atoms with Gasteiger partial charge in [0.2, 0.25) is 0 Å². The molecule has 0 amide bonds. The van der Waals surface area contributed by atoms with Crippen LogP contribution in [0.4, 0.5) is 11.4 Å². The van der Waals surface area contributed by atoms with Crippen molar-refractivity contribution in [2.75, 3.05) is 0 Å². The molecule has 4 nitrogen and oxygen atoms in total. The van der Waals surface area contributed by atoms with Gasteiger partial charge in [-0.25, -0.2) is 4.98 Å². The van der Waals surface area contributed by atoms with Gasteiger partial charge < -0.3 is 4.57 Å². The summed E-state index contributed by atoms with van der Waals surface area (Å²) in [5.41, 5.74) is 7.38. The third-order valence-electron chi connectivity index (χ3n) is 4.81. The Morgan fingerprint density at radius 2 is 2.00 bits per heavy atom. The average Bonchev–Trinajstić information content (AvgIpc) is 3.23. The minimum absolute atomic E-state index is 0.796. The predicted octanol–water partition coefficient (Wildman–Crippen LogP) is 5.53. The summed E-state index contributed by atoms with van der Waals surface area (Å²) >= 11 is 0. The Morgan fingerprint density at radius 1 is 1.12 bits per heavy atom. The van der Waals surface area contributed by atoms with Crippen LogP contribution in [0.25, 0.3) is 22.5 Å². The first-order valence-electron chi connectivity index (χ1n) is 8.97. The van der Waals surface area contributed by atoms with E-state index in [4.69, 9.17) is 4.98 Å². The van der Waals surface area contributed by atoms with Gasteiger partial charge in [-0.3, -0.25) is 9.98 Å². The molecule has 0 bridgehead atoms. The number of imidazole rings is 1. The maximum atomic E-state index is 4.99. The van der Waals surface area contributed by atoms with E-state index in [2.05, 4.69) is 64.6 Å². The van der Waals surface area contributed by atoms with Crippen LogP contribution in [-0.4, -0.2) is 22.5 Å². The van der Waals surface area contributed by atoms with Crippen LogP contribution < -0.4 is 0 Å². The van der Waals surface area contributed by atoms with Crippen LogP contribution in [-0.2, 0) is 13.0 Å². The lowest BCUT2D eigenvalue weighted by Crippen LogP contribution is -1.96. The van der Waals surface area contributed by atoms with Crippen molar-refractivity contribution in [2.45, 2.75) is 33.2 Å². The zero-order valence-corrected chi connectivity index (χ0v) is 15.2. The van der Waals surface area contributed by atoms with Crippen molar-refractivity contribution >= 4 is 24.3 Å². The van der Waals surface area contributed by atoms with Crippen molar-refractivity contribution in [3.8, 4) is 22.5 Å². The Bertz CT molecular complexity index is 1010. The number of hydrogen-bond acceptors (Lipinski definition) is 3. The molecule has 1 aliphatic rings. The molecule has 130 valence electrons. The standard InChI is InChI=1S/C22H22N4/c1-4-24-19-14-17(10-11-18(19)23-3)22-21(16-8-5-7-15(2)13-16)25-20-9-6-12-26(20)22/h4-5,7-8,10-11,13-14H,3,6,9,12H2,1-2H3/b24-4-. The molecule has 0 aliphatic carbocycles. The lowest BCUT2D eigenvalue weighted by molar-refractivity contribution is 0.756. The van der Waals surface area contributed by atoms with Crippen molar-refractivity contribution in [3.63, 3.8) is 0 Å². The van der Waals surface area contributed by atoms with Crippen LogP contribution in [0, 0.1) is 6.92 Å². The first kappa shape index (κ1) is 16.5. The third-order valence-corrected chi connectivity index (χ3v) is 4.81. The molecular formula is C22H22N4.